The maximum absolute atomic E-state index is 12.4. The molecule has 4 rings (SSSR count). The third kappa shape index (κ3) is 4.64. The van der Waals surface area contributed by atoms with Crippen molar-refractivity contribution in [2.45, 2.75) is 6.92 Å². The molecule has 8 heteroatoms. The number of fused-ring (bicyclic) bond motifs is 1. The second-order valence-electron chi connectivity index (χ2n) is 6.88. The molecule has 156 valence electrons. The molecule has 0 atom stereocenters. The van der Waals surface area contributed by atoms with Crippen LogP contribution in [0.1, 0.15) is 36.6 Å². The van der Waals surface area contributed by atoms with Gasteiger partial charge >= 0.3 is 0 Å². The Morgan fingerprint density at radius 1 is 0.710 bits per heavy atom. The summed E-state index contributed by atoms with van der Waals surface area (Å²) in [5.74, 6) is -0.286. The molecule has 1 aliphatic heterocycles. The number of hydrogen-bond acceptors (Lipinski definition) is 5. The third-order valence-electron chi connectivity index (χ3n) is 4.62. The summed E-state index contributed by atoms with van der Waals surface area (Å²) < 4.78 is 10.5. The van der Waals surface area contributed by atoms with Crippen LogP contribution >= 0.6 is 0 Å². The molecule has 0 radical (unpaired) electrons. The molecule has 0 bridgehead atoms. The van der Waals surface area contributed by atoms with Crippen LogP contribution in [0.4, 0.5) is 5.69 Å². The Balaban J connectivity index is 1.37. The normalized spacial score (nSPS) is 11.5. The first kappa shape index (κ1) is 20.0. The molecule has 0 saturated carbocycles. The summed E-state index contributed by atoms with van der Waals surface area (Å²) in [4.78, 5) is 37.1. The number of hydrazine groups is 1. The molecule has 0 aromatic heterocycles. The molecule has 1 aliphatic rings. The van der Waals surface area contributed by atoms with E-state index in [2.05, 4.69) is 16.2 Å². The lowest BCUT2D eigenvalue weighted by Gasteiger charge is -2.10. The van der Waals surface area contributed by atoms with E-state index >= 15 is 0 Å². The quantitative estimate of drug-likeness (QED) is 0.566. The second kappa shape index (κ2) is 8.58. The van der Waals surface area contributed by atoms with Crippen LogP contribution in [0.25, 0.3) is 0 Å². The van der Waals surface area contributed by atoms with Crippen molar-refractivity contribution in [1.29, 1.82) is 0 Å². The summed E-state index contributed by atoms with van der Waals surface area (Å²) >= 11 is 0. The minimum absolute atomic E-state index is 0.105. The van der Waals surface area contributed by atoms with Gasteiger partial charge in [0.25, 0.3) is 17.7 Å². The molecule has 0 saturated heterocycles. The van der Waals surface area contributed by atoms with Crippen LogP contribution in [0.2, 0.25) is 0 Å². The Bertz CT molecular complexity index is 1160. The number of hydrogen-bond donors (Lipinski definition) is 3. The number of ether oxygens (including phenoxy) is 2. The molecule has 3 aromatic rings. The summed E-state index contributed by atoms with van der Waals surface area (Å²) in [6.07, 6.45) is 0. The van der Waals surface area contributed by atoms with Crippen molar-refractivity contribution in [1.82, 2.24) is 10.9 Å². The number of carbonyl (C=O) groups excluding carboxylic acids is 3. The first-order valence-electron chi connectivity index (χ1n) is 9.48. The van der Waals surface area contributed by atoms with Crippen molar-refractivity contribution in [3.8, 4) is 11.5 Å². The van der Waals surface area contributed by atoms with Gasteiger partial charge in [0.05, 0.1) is 0 Å². The van der Waals surface area contributed by atoms with Crippen molar-refractivity contribution in [3.05, 3.63) is 89.0 Å². The van der Waals surface area contributed by atoms with Gasteiger partial charge in [-0.1, -0.05) is 23.8 Å². The van der Waals surface area contributed by atoms with Gasteiger partial charge in [-0.25, -0.2) is 0 Å². The molecule has 3 amide bonds. The lowest BCUT2D eigenvalue weighted by atomic mass is 10.1. The van der Waals surface area contributed by atoms with E-state index in [9.17, 15) is 14.4 Å². The summed E-state index contributed by atoms with van der Waals surface area (Å²) in [7, 11) is 0. The second-order valence-corrected chi connectivity index (χ2v) is 6.88. The lowest BCUT2D eigenvalue weighted by Crippen LogP contribution is -2.41. The third-order valence-corrected chi connectivity index (χ3v) is 4.62. The molecule has 0 aliphatic carbocycles. The van der Waals surface area contributed by atoms with Crippen LogP contribution in [0, 0.1) is 6.92 Å². The highest BCUT2D eigenvalue weighted by atomic mass is 16.7. The zero-order valence-electron chi connectivity index (χ0n) is 16.6. The van der Waals surface area contributed by atoms with Crippen LogP contribution in [-0.2, 0) is 0 Å². The van der Waals surface area contributed by atoms with Crippen LogP contribution in [-0.4, -0.2) is 24.5 Å². The highest BCUT2D eigenvalue weighted by molar-refractivity contribution is 6.05. The number of carbonyl (C=O) groups is 3. The van der Waals surface area contributed by atoms with E-state index < -0.39 is 11.8 Å². The zero-order valence-corrected chi connectivity index (χ0v) is 16.6. The first-order valence-corrected chi connectivity index (χ1v) is 9.48. The molecule has 8 nitrogen and oxygen atoms in total. The fourth-order valence-corrected chi connectivity index (χ4v) is 2.94. The van der Waals surface area contributed by atoms with Gasteiger partial charge in [0.15, 0.2) is 11.5 Å². The summed E-state index contributed by atoms with van der Waals surface area (Å²) in [5, 5.41) is 2.76. The molecule has 1 heterocycles. The van der Waals surface area contributed by atoms with Gasteiger partial charge in [0.2, 0.25) is 6.79 Å². The standard InChI is InChI=1S/C23H19N3O5/c1-14-5-7-15(8-6-14)21(27)24-18-4-2-3-16(11-18)22(28)25-26-23(29)17-9-10-19-20(12-17)31-13-30-19/h2-12H,13H2,1H3,(H,24,27)(H,25,28)(H,26,29). The Kier molecular flexibility index (Phi) is 5.53. The van der Waals surface area contributed by atoms with Gasteiger partial charge in [0, 0.05) is 22.4 Å². The largest absolute Gasteiger partial charge is 0.454 e. The average Bonchev–Trinajstić information content (AvgIpc) is 3.25. The minimum atomic E-state index is -0.527. The minimum Gasteiger partial charge on any atom is -0.454 e. The van der Waals surface area contributed by atoms with E-state index in [1.807, 2.05) is 19.1 Å². The fraction of sp³-hybridized carbons (Fsp3) is 0.0870. The topological polar surface area (TPSA) is 106 Å². The molecule has 0 spiro atoms. The Hall–Kier alpha value is -4.33. The van der Waals surface area contributed by atoms with Crippen molar-refractivity contribution < 1.29 is 23.9 Å². The smallest absolute Gasteiger partial charge is 0.269 e. The number of nitrogens with one attached hydrogen (secondary N) is 3. The van der Waals surface area contributed by atoms with Gasteiger partial charge < -0.3 is 14.8 Å². The molecular weight excluding hydrogens is 398 g/mol. The molecule has 3 N–H and O–H groups in total. The van der Waals surface area contributed by atoms with E-state index in [-0.39, 0.29) is 18.3 Å². The van der Waals surface area contributed by atoms with Crippen molar-refractivity contribution in [3.63, 3.8) is 0 Å². The highest BCUT2D eigenvalue weighted by Crippen LogP contribution is 2.32. The monoisotopic (exact) mass is 417 g/mol. The predicted octanol–water partition coefficient (Wildman–Crippen LogP) is 3.05. The SMILES string of the molecule is Cc1ccc(C(=O)Nc2cccc(C(=O)NNC(=O)c3ccc4c(c3)OCO4)c2)cc1. The molecule has 0 unspecified atom stereocenters. The number of rotatable bonds is 4. The molecule has 0 fully saturated rings. The van der Waals surface area contributed by atoms with E-state index in [1.165, 1.54) is 12.1 Å². The van der Waals surface area contributed by atoms with Gasteiger partial charge in [-0.05, 0) is 55.5 Å². The van der Waals surface area contributed by atoms with Gasteiger partial charge in [-0.3, -0.25) is 25.2 Å². The van der Waals surface area contributed by atoms with E-state index in [0.717, 1.165) is 5.56 Å². The highest BCUT2D eigenvalue weighted by Gasteiger charge is 2.17. The average molecular weight is 417 g/mol. The molecular formula is C23H19N3O5. The summed E-state index contributed by atoms with van der Waals surface area (Å²) in [6.45, 7) is 2.04. The molecule has 3 aromatic carbocycles. The Morgan fingerprint density at radius 2 is 1.35 bits per heavy atom. The van der Waals surface area contributed by atoms with Gasteiger partial charge in [-0.15, -0.1) is 0 Å². The van der Waals surface area contributed by atoms with Crippen molar-refractivity contribution in [2.24, 2.45) is 0 Å². The Morgan fingerprint density at radius 3 is 2.10 bits per heavy atom. The zero-order chi connectivity index (χ0) is 21.8. The van der Waals surface area contributed by atoms with Gasteiger partial charge in [-0.2, -0.15) is 0 Å². The predicted molar refractivity (Wildman–Crippen MR) is 113 cm³/mol. The number of benzene rings is 3. The van der Waals surface area contributed by atoms with Crippen molar-refractivity contribution in [2.75, 3.05) is 12.1 Å². The van der Waals surface area contributed by atoms with E-state index in [1.54, 1.807) is 42.5 Å². The lowest BCUT2D eigenvalue weighted by molar-refractivity contribution is 0.0846. The number of amides is 3. The maximum atomic E-state index is 12.4. The summed E-state index contributed by atoms with van der Waals surface area (Å²) in [5.41, 5.74) is 7.32. The maximum Gasteiger partial charge on any atom is 0.269 e. The summed E-state index contributed by atoms with van der Waals surface area (Å²) in [6, 6.07) is 18.3. The molecule has 31 heavy (non-hydrogen) atoms. The van der Waals surface area contributed by atoms with Crippen LogP contribution in [0.15, 0.2) is 66.7 Å². The van der Waals surface area contributed by atoms with Crippen molar-refractivity contribution >= 4 is 23.4 Å². The van der Waals surface area contributed by atoms with Crippen LogP contribution in [0.3, 0.4) is 0 Å². The van der Waals surface area contributed by atoms with Crippen LogP contribution in [0.5, 0.6) is 11.5 Å². The number of anilines is 1. The Labute approximate surface area is 178 Å². The first-order chi connectivity index (χ1) is 15.0. The van der Waals surface area contributed by atoms with Crippen LogP contribution < -0.4 is 25.6 Å². The van der Waals surface area contributed by atoms with E-state index in [0.29, 0.717) is 28.3 Å². The van der Waals surface area contributed by atoms with E-state index in [4.69, 9.17) is 9.47 Å². The number of aryl methyl sites for hydroxylation is 1. The van der Waals surface area contributed by atoms with Gasteiger partial charge in [0.1, 0.15) is 0 Å². The fourth-order valence-electron chi connectivity index (χ4n) is 2.94.